The predicted octanol–water partition coefficient (Wildman–Crippen LogP) is 2.81. The average molecular weight is 463 g/mol. The minimum absolute atomic E-state index is 0.0592. The summed E-state index contributed by atoms with van der Waals surface area (Å²) in [4.78, 5) is 40.4. The smallest absolute Gasteiger partial charge is 0.306 e. The van der Waals surface area contributed by atoms with Gasteiger partial charge in [-0.05, 0) is 36.8 Å². The number of Topliss-reactive ketones (excluding diaryl/α,β-unsaturated/α-hetero) is 2. The van der Waals surface area contributed by atoms with Gasteiger partial charge in [-0.3, -0.25) is 14.4 Å². The van der Waals surface area contributed by atoms with E-state index in [1.165, 1.54) is 7.11 Å². The molecular formula is C25H34O8. The molecule has 1 aliphatic heterocycles. The maximum atomic E-state index is 14.0. The number of ketones is 2. The SMILES string of the molecule is COCCOCOC1=C[C@@H](C)[C@@H]2C[C@H]3OC(=O)C[C@H]4C(C)=C(OC)C(=O)[C@H]([C@@]2(C)C1=O)[C@@]34C. The number of ether oxygens (including phenoxy) is 5. The fraction of sp³-hybridized carbons (Fsp3) is 0.720. The highest BCUT2D eigenvalue weighted by Gasteiger charge is 2.72. The summed E-state index contributed by atoms with van der Waals surface area (Å²) in [5, 5.41) is 0. The summed E-state index contributed by atoms with van der Waals surface area (Å²) >= 11 is 0. The van der Waals surface area contributed by atoms with Gasteiger partial charge in [0.05, 0.1) is 26.7 Å². The summed E-state index contributed by atoms with van der Waals surface area (Å²) in [6, 6.07) is 0. The zero-order valence-electron chi connectivity index (χ0n) is 20.3. The summed E-state index contributed by atoms with van der Waals surface area (Å²) in [7, 11) is 3.05. The Labute approximate surface area is 194 Å². The highest BCUT2D eigenvalue weighted by atomic mass is 16.7. The van der Waals surface area contributed by atoms with Crippen molar-refractivity contribution in [2.75, 3.05) is 34.2 Å². The first-order chi connectivity index (χ1) is 15.6. The van der Waals surface area contributed by atoms with Gasteiger partial charge in [0.1, 0.15) is 6.10 Å². The Hall–Kier alpha value is -2.19. The van der Waals surface area contributed by atoms with E-state index in [2.05, 4.69) is 0 Å². The Balaban J connectivity index is 1.76. The summed E-state index contributed by atoms with van der Waals surface area (Å²) < 4.78 is 27.5. The van der Waals surface area contributed by atoms with Crippen LogP contribution in [0.15, 0.2) is 23.2 Å². The van der Waals surface area contributed by atoms with Crippen LogP contribution in [0.25, 0.3) is 0 Å². The summed E-state index contributed by atoms with van der Waals surface area (Å²) in [5.41, 5.74) is -0.959. The van der Waals surface area contributed by atoms with Gasteiger partial charge < -0.3 is 23.7 Å². The molecule has 182 valence electrons. The van der Waals surface area contributed by atoms with Crippen LogP contribution in [-0.2, 0) is 38.1 Å². The van der Waals surface area contributed by atoms with Crippen molar-refractivity contribution in [3.05, 3.63) is 23.2 Å². The van der Waals surface area contributed by atoms with Crippen LogP contribution < -0.4 is 0 Å². The summed E-state index contributed by atoms with van der Waals surface area (Å²) in [5.74, 6) is -1.33. The lowest BCUT2D eigenvalue weighted by Crippen LogP contribution is -2.69. The molecule has 0 spiro atoms. The third-order valence-corrected chi connectivity index (χ3v) is 8.61. The molecule has 0 aromatic rings. The van der Waals surface area contributed by atoms with E-state index in [1.54, 1.807) is 7.11 Å². The summed E-state index contributed by atoms with van der Waals surface area (Å²) in [6.07, 6.45) is 2.07. The van der Waals surface area contributed by atoms with Crippen LogP contribution >= 0.6 is 0 Å². The minimum atomic E-state index is -1.02. The molecule has 33 heavy (non-hydrogen) atoms. The van der Waals surface area contributed by atoms with Crippen molar-refractivity contribution < 1.29 is 38.1 Å². The first-order valence-electron chi connectivity index (χ1n) is 11.6. The van der Waals surface area contributed by atoms with Crippen molar-refractivity contribution in [3.8, 4) is 0 Å². The van der Waals surface area contributed by atoms with E-state index in [4.69, 9.17) is 23.7 Å². The van der Waals surface area contributed by atoms with Gasteiger partial charge in [-0.25, -0.2) is 0 Å². The molecular weight excluding hydrogens is 428 g/mol. The maximum Gasteiger partial charge on any atom is 0.306 e. The van der Waals surface area contributed by atoms with E-state index in [1.807, 2.05) is 33.8 Å². The molecule has 8 nitrogen and oxygen atoms in total. The first-order valence-corrected chi connectivity index (χ1v) is 11.6. The van der Waals surface area contributed by atoms with Crippen LogP contribution in [0.1, 0.15) is 40.5 Å². The second kappa shape index (κ2) is 8.55. The van der Waals surface area contributed by atoms with Crippen molar-refractivity contribution in [1.82, 2.24) is 0 Å². The van der Waals surface area contributed by atoms with Crippen molar-refractivity contribution >= 4 is 17.5 Å². The molecule has 2 fully saturated rings. The number of carbonyl (C=O) groups is 3. The van der Waals surface area contributed by atoms with Gasteiger partial charge in [0.2, 0.25) is 11.6 Å². The Bertz CT molecular complexity index is 919. The molecule has 1 saturated heterocycles. The Morgan fingerprint density at radius 2 is 1.88 bits per heavy atom. The van der Waals surface area contributed by atoms with Crippen LogP contribution in [0.3, 0.4) is 0 Å². The highest BCUT2D eigenvalue weighted by Crippen LogP contribution is 2.67. The quantitative estimate of drug-likeness (QED) is 0.324. The molecule has 0 radical (unpaired) electrons. The van der Waals surface area contributed by atoms with Crippen molar-refractivity contribution in [2.24, 2.45) is 34.5 Å². The van der Waals surface area contributed by atoms with Gasteiger partial charge in [0.15, 0.2) is 18.3 Å². The molecule has 8 heteroatoms. The van der Waals surface area contributed by atoms with Crippen LogP contribution in [0.5, 0.6) is 0 Å². The monoisotopic (exact) mass is 462 g/mol. The molecule has 1 heterocycles. The minimum Gasteiger partial charge on any atom is -0.493 e. The largest absolute Gasteiger partial charge is 0.493 e. The maximum absolute atomic E-state index is 14.0. The molecule has 0 N–H and O–H groups in total. The molecule has 0 aromatic heterocycles. The normalized spacial score (nSPS) is 40.0. The predicted molar refractivity (Wildman–Crippen MR) is 117 cm³/mol. The lowest BCUT2D eigenvalue weighted by molar-refractivity contribution is -0.217. The van der Waals surface area contributed by atoms with Gasteiger partial charge in [-0.15, -0.1) is 0 Å². The lowest BCUT2D eigenvalue weighted by Gasteiger charge is -2.64. The molecule has 4 rings (SSSR count). The molecule has 7 atom stereocenters. The highest BCUT2D eigenvalue weighted by molar-refractivity contribution is 6.07. The zero-order chi connectivity index (χ0) is 24.1. The van der Waals surface area contributed by atoms with Crippen LogP contribution in [-0.4, -0.2) is 57.9 Å². The van der Waals surface area contributed by atoms with Gasteiger partial charge in [-0.2, -0.15) is 0 Å². The molecule has 0 aromatic carbocycles. The number of hydrogen-bond donors (Lipinski definition) is 0. The Kier molecular flexibility index (Phi) is 6.20. The zero-order valence-corrected chi connectivity index (χ0v) is 20.3. The Morgan fingerprint density at radius 1 is 1.15 bits per heavy atom. The molecule has 1 saturated carbocycles. The van der Waals surface area contributed by atoms with Gasteiger partial charge >= 0.3 is 5.97 Å². The molecule has 0 unspecified atom stereocenters. The number of carbonyl (C=O) groups excluding carboxylic acids is 3. The number of methoxy groups -OCH3 is 2. The van der Waals surface area contributed by atoms with E-state index >= 15 is 0 Å². The standard InChI is InChI=1S/C25H34O8/c1-13-9-17(32-12-31-8-7-29-5)23(28)25(4)15(13)10-18-24(3)16(11-19(26)33-18)14(2)21(30-6)20(27)22(24)25/h9,13,15-16,18,22H,7-8,10-12H2,1-6H3/t13-,15+,16+,18-,22+,24-,25+/m1/s1. The fourth-order valence-corrected chi connectivity index (χ4v) is 7.07. The van der Waals surface area contributed by atoms with Crippen LogP contribution in [0.4, 0.5) is 0 Å². The van der Waals surface area contributed by atoms with Crippen LogP contribution in [0.2, 0.25) is 0 Å². The van der Waals surface area contributed by atoms with E-state index in [0.717, 1.165) is 5.57 Å². The summed E-state index contributed by atoms with van der Waals surface area (Å²) in [6.45, 7) is 8.45. The van der Waals surface area contributed by atoms with Crippen molar-refractivity contribution in [1.29, 1.82) is 0 Å². The van der Waals surface area contributed by atoms with E-state index < -0.39 is 22.9 Å². The second-order valence-electron chi connectivity index (χ2n) is 10.1. The van der Waals surface area contributed by atoms with Crippen molar-refractivity contribution in [2.45, 2.75) is 46.6 Å². The molecule has 0 amide bonds. The molecule has 4 aliphatic rings. The lowest BCUT2D eigenvalue weighted by atomic mass is 9.40. The van der Waals surface area contributed by atoms with Crippen LogP contribution in [0, 0.1) is 34.5 Å². The van der Waals surface area contributed by atoms with Crippen molar-refractivity contribution in [3.63, 3.8) is 0 Å². The number of allylic oxidation sites excluding steroid dienone is 4. The number of esters is 1. The number of rotatable bonds is 7. The van der Waals surface area contributed by atoms with E-state index in [0.29, 0.717) is 19.6 Å². The van der Waals surface area contributed by atoms with Gasteiger partial charge in [0, 0.05) is 29.8 Å². The third-order valence-electron chi connectivity index (χ3n) is 8.61. The third kappa shape index (κ3) is 3.36. The first kappa shape index (κ1) is 24.0. The van der Waals surface area contributed by atoms with Gasteiger partial charge in [-0.1, -0.05) is 20.8 Å². The molecule has 3 aliphatic carbocycles. The van der Waals surface area contributed by atoms with E-state index in [-0.39, 0.29) is 60.0 Å². The topological polar surface area (TPSA) is 97.4 Å². The number of fused-ring (bicyclic) bond motifs is 2. The second-order valence-corrected chi connectivity index (χ2v) is 10.1. The van der Waals surface area contributed by atoms with E-state index in [9.17, 15) is 14.4 Å². The average Bonchev–Trinajstić information content (AvgIpc) is 2.76. The van der Waals surface area contributed by atoms with Gasteiger partial charge in [0.25, 0.3) is 0 Å². The molecule has 0 bridgehead atoms. The number of hydrogen-bond acceptors (Lipinski definition) is 8. The fourth-order valence-electron chi connectivity index (χ4n) is 7.07. The Morgan fingerprint density at radius 3 is 2.55 bits per heavy atom.